The van der Waals surface area contributed by atoms with Crippen LogP contribution in [0.25, 0.3) is 16.8 Å². The largest absolute Gasteiger partial charge is 0.492 e. The van der Waals surface area contributed by atoms with Crippen LogP contribution in [0.3, 0.4) is 0 Å². The molecule has 0 atom stereocenters. The summed E-state index contributed by atoms with van der Waals surface area (Å²) in [4.78, 5) is 18.7. The summed E-state index contributed by atoms with van der Waals surface area (Å²) >= 11 is 0. The van der Waals surface area contributed by atoms with Gasteiger partial charge in [-0.15, -0.1) is 0 Å². The molecule has 1 aliphatic rings. The Morgan fingerprint density at radius 1 is 1.33 bits per heavy atom. The number of fused-ring (bicyclic) bond motifs is 4. The van der Waals surface area contributed by atoms with Crippen molar-refractivity contribution in [1.29, 1.82) is 0 Å². The third-order valence-electron chi connectivity index (χ3n) is 4.74. The highest BCUT2D eigenvalue weighted by molar-refractivity contribution is 5.79. The molecule has 0 saturated heterocycles. The number of carbonyl (C=O) groups excluding carboxylic acids is 1. The third kappa shape index (κ3) is 4.30. The maximum Gasteiger partial charge on any atom is 0.410 e. The zero-order valence-corrected chi connectivity index (χ0v) is 17.0. The molecule has 158 valence electrons. The van der Waals surface area contributed by atoms with Crippen LogP contribution in [0.5, 0.6) is 5.75 Å². The van der Waals surface area contributed by atoms with Crippen LogP contribution in [0, 0.1) is 0 Å². The van der Waals surface area contributed by atoms with Gasteiger partial charge in [0.05, 0.1) is 25.5 Å². The Morgan fingerprint density at radius 2 is 2.20 bits per heavy atom. The number of carbonyl (C=O) groups is 1. The molecule has 4 rings (SSSR count). The molecule has 4 bridgehead atoms. The zero-order valence-electron chi connectivity index (χ0n) is 17.0. The van der Waals surface area contributed by atoms with Gasteiger partial charge in [0.25, 0.3) is 0 Å². The lowest BCUT2D eigenvalue weighted by Crippen LogP contribution is -2.39. The van der Waals surface area contributed by atoms with Crippen LogP contribution in [0.1, 0.15) is 19.4 Å². The molecule has 3 aromatic rings. The van der Waals surface area contributed by atoms with Crippen molar-refractivity contribution in [2.75, 3.05) is 31.6 Å². The van der Waals surface area contributed by atoms with Gasteiger partial charge in [-0.3, -0.25) is 0 Å². The normalized spacial score (nSPS) is 14.3. The predicted octanol–water partition coefficient (Wildman–Crippen LogP) is 2.54. The molecular weight excluding hydrogens is 386 g/mol. The van der Waals surface area contributed by atoms with Crippen molar-refractivity contribution in [2.24, 2.45) is 0 Å². The summed E-state index contributed by atoms with van der Waals surface area (Å²) in [6.45, 7) is 5.15. The molecule has 0 radical (unpaired) electrons. The highest BCUT2D eigenvalue weighted by atomic mass is 16.6. The van der Waals surface area contributed by atoms with E-state index >= 15 is 0 Å². The summed E-state index contributed by atoms with van der Waals surface area (Å²) < 4.78 is 13.0. The Labute approximate surface area is 174 Å². The topological polar surface area (TPSA) is 101 Å². The second kappa shape index (κ2) is 8.58. The molecule has 1 amide bonds. The lowest BCUT2D eigenvalue weighted by molar-refractivity contribution is 0.0734. The number of nitrogens with zero attached hydrogens (tertiary/aromatic N) is 4. The van der Waals surface area contributed by atoms with Crippen LogP contribution in [-0.2, 0) is 11.3 Å². The third-order valence-corrected chi connectivity index (χ3v) is 4.74. The van der Waals surface area contributed by atoms with Gasteiger partial charge in [0, 0.05) is 24.8 Å². The van der Waals surface area contributed by atoms with E-state index in [1.54, 1.807) is 21.7 Å². The maximum absolute atomic E-state index is 12.4. The highest BCUT2D eigenvalue weighted by Crippen LogP contribution is 2.29. The molecule has 0 fully saturated rings. The van der Waals surface area contributed by atoms with Gasteiger partial charge in [-0.1, -0.05) is 0 Å². The van der Waals surface area contributed by atoms with Gasteiger partial charge < -0.3 is 24.8 Å². The van der Waals surface area contributed by atoms with Crippen LogP contribution in [-0.4, -0.2) is 63.0 Å². The van der Waals surface area contributed by atoms with Crippen LogP contribution in [0.4, 0.5) is 10.6 Å². The van der Waals surface area contributed by atoms with E-state index < -0.39 is 0 Å². The van der Waals surface area contributed by atoms with Gasteiger partial charge in [-0.2, -0.15) is 5.10 Å². The number of aromatic nitrogens is 3. The lowest BCUT2D eigenvalue weighted by Gasteiger charge is -2.24. The first kappa shape index (κ1) is 20.0. The number of amides is 1. The van der Waals surface area contributed by atoms with E-state index in [1.807, 2.05) is 38.2 Å². The Bertz CT molecular complexity index is 1050. The molecule has 0 spiro atoms. The number of rotatable bonds is 2. The molecule has 2 N–H and O–H groups in total. The molecule has 0 aliphatic carbocycles. The minimum absolute atomic E-state index is 0.115. The number of aliphatic hydroxyl groups is 1. The Balaban J connectivity index is 1.71. The van der Waals surface area contributed by atoms with Gasteiger partial charge in [0.1, 0.15) is 18.2 Å². The van der Waals surface area contributed by atoms with Gasteiger partial charge in [0.15, 0.2) is 5.65 Å². The zero-order chi connectivity index (χ0) is 21.1. The molecule has 2 aromatic heterocycles. The van der Waals surface area contributed by atoms with Gasteiger partial charge in [-0.05, 0) is 49.2 Å². The average molecular weight is 411 g/mol. The van der Waals surface area contributed by atoms with Crippen LogP contribution in [0.2, 0.25) is 0 Å². The second-order valence-corrected chi connectivity index (χ2v) is 7.36. The molecule has 1 aromatic carbocycles. The molecular formula is C21H25N5O4. The summed E-state index contributed by atoms with van der Waals surface area (Å²) in [6, 6.07) is 7.41. The average Bonchev–Trinajstić information content (AvgIpc) is 3.14. The lowest BCUT2D eigenvalue weighted by atomic mass is 10.1. The van der Waals surface area contributed by atoms with E-state index in [0.29, 0.717) is 43.5 Å². The quantitative estimate of drug-likeness (QED) is 0.668. The molecule has 30 heavy (non-hydrogen) atoms. The fraction of sp³-hybridized carbons (Fsp3) is 0.381. The fourth-order valence-corrected chi connectivity index (χ4v) is 3.32. The Morgan fingerprint density at radius 3 is 3.00 bits per heavy atom. The van der Waals surface area contributed by atoms with Crippen LogP contribution in [0.15, 0.2) is 36.7 Å². The van der Waals surface area contributed by atoms with Crippen molar-refractivity contribution in [3.8, 4) is 16.9 Å². The molecule has 9 heteroatoms. The van der Waals surface area contributed by atoms with Crippen molar-refractivity contribution in [3.05, 3.63) is 42.2 Å². The predicted molar refractivity (Wildman–Crippen MR) is 112 cm³/mol. The number of nitrogens with one attached hydrogen (secondary N) is 1. The molecule has 0 saturated carbocycles. The number of benzene rings is 1. The van der Waals surface area contributed by atoms with Crippen molar-refractivity contribution in [1.82, 2.24) is 19.5 Å². The molecule has 1 aliphatic heterocycles. The first-order valence-electron chi connectivity index (χ1n) is 9.95. The van der Waals surface area contributed by atoms with Crippen LogP contribution < -0.4 is 10.1 Å². The van der Waals surface area contributed by atoms with Crippen molar-refractivity contribution >= 4 is 17.6 Å². The van der Waals surface area contributed by atoms with E-state index in [0.717, 1.165) is 16.7 Å². The smallest absolute Gasteiger partial charge is 0.410 e. The number of hydrogen-bond donors (Lipinski definition) is 2. The van der Waals surface area contributed by atoms with Gasteiger partial charge >= 0.3 is 6.09 Å². The minimum Gasteiger partial charge on any atom is -0.492 e. The Hall–Kier alpha value is -3.33. The number of ether oxygens (including phenoxy) is 2. The Kier molecular flexibility index (Phi) is 5.71. The van der Waals surface area contributed by atoms with E-state index in [1.165, 1.54) is 0 Å². The molecule has 3 heterocycles. The molecule has 9 nitrogen and oxygen atoms in total. The van der Waals surface area contributed by atoms with Crippen molar-refractivity contribution in [2.45, 2.75) is 26.6 Å². The van der Waals surface area contributed by atoms with Gasteiger partial charge in [-0.25, -0.2) is 14.3 Å². The van der Waals surface area contributed by atoms with E-state index in [-0.39, 0.29) is 18.8 Å². The summed E-state index contributed by atoms with van der Waals surface area (Å²) in [5.74, 6) is 1.30. The van der Waals surface area contributed by atoms with E-state index in [4.69, 9.17) is 9.47 Å². The maximum atomic E-state index is 12.4. The van der Waals surface area contributed by atoms with E-state index in [2.05, 4.69) is 15.4 Å². The first-order chi connectivity index (χ1) is 14.5. The summed E-state index contributed by atoms with van der Waals surface area (Å²) in [7, 11) is 0. The minimum atomic E-state index is -0.381. The standard InChI is InChI=1S/C21H25N5O4/c1-14(2)30-21(28)25-6-4-22-19-3-5-26-20(24-19)18(12-23-26)16-9-15(13-27)10-17(11-16)29-8-7-25/h3,5,9-12,14,27H,4,6-8,13H2,1-2H3,(H,22,24). The summed E-state index contributed by atoms with van der Waals surface area (Å²) in [6.07, 6.45) is 3.00. The van der Waals surface area contributed by atoms with Crippen molar-refractivity contribution in [3.63, 3.8) is 0 Å². The van der Waals surface area contributed by atoms with E-state index in [9.17, 15) is 9.90 Å². The summed E-state index contributed by atoms with van der Waals surface area (Å²) in [5.41, 5.74) is 3.11. The summed E-state index contributed by atoms with van der Waals surface area (Å²) in [5, 5.41) is 17.3. The second-order valence-electron chi connectivity index (χ2n) is 7.36. The SMILES string of the molecule is CC(C)OC(=O)N1CCNc2ccn3ncc(c3n2)-c2cc(CO)cc(c2)OCC1. The number of aliphatic hydroxyl groups excluding tert-OH is 1. The fourth-order valence-electron chi connectivity index (χ4n) is 3.32. The van der Waals surface area contributed by atoms with Gasteiger partial charge in [0.2, 0.25) is 0 Å². The monoisotopic (exact) mass is 411 g/mol. The van der Waals surface area contributed by atoms with Crippen LogP contribution >= 0.6 is 0 Å². The molecule has 0 unspecified atom stereocenters. The van der Waals surface area contributed by atoms with Crippen molar-refractivity contribution < 1.29 is 19.4 Å². The number of anilines is 1. The highest BCUT2D eigenvalue weighted by Gasteiger charge is 2.18. The first-order valence-corrected chi connectivity index (χ1v) is 9.95. The number of hydrogen-bond acceptors (Lipinski definition) is 7.